The Bertz CT molecular complexity index is 1200. The topological polar surface area (TPSA) is 75.6 Å². The second kappa shape index (κ2) is 8.49. The van der Waals surface area contributed by atoms with Gasteiger partial charge in [0.25, 0.3) is 5.91 Å². The van der Waals surface area contributed by atoms with Crippen LogP contribution in [0, 0.1) is 0 Å². The maximum atomic E-state index is 12.4. The van der Waals surface area contributed by atoms with Gasteiger partial charge in [-0.05, 0) is 35.7 Å². The summed E-state index contributed by atoms with van der Waals surface area (Å²) in [6, 6.07) is 26.4. The van der Waals surface area contributed by atoms with Crippen molar-refractivity contribution in [1.29, 1.82) is 0 Å². The number of aromatic hydroxyl groups is 1. The maximum absolute atomic E-state index is 12.4. The Balaban J connectivity index is 1.40. The number of phenolic OH excluding ortho intramolecular Hbond substituents is 1. The maximum Gasteiger partial charge on any atom is 0.262 e. The van der Waals surface area contributed by atoms with Crippen molar-refractivity contribution in [3.8, 4) is 11.5 Å². The van der Waals surface area contributed by atoms with E-state index in [1.807, 2.05) is 42.5 Å². The Morgan fingerprint density at radius 3 is 2.20 bits per heavy atom. The van der Waals surface area contributed by atoms with E-state index in [9.17, 15) is 14.7 Å². The SMILES string of the molecule is O=C(COc1ccc(C(=O)c2ccccc2)cc1)Nc1c(O)ccc2ccccc12. The highest BCUT2D eigenvalue weighted by molar-refractivity contribution is 6.09. The minimum Gasteiger partial charge on any atom is -0.506 e. The lowest BCUT2D eigenvalue weighted by Gasteiger charge is -2.12. The number of ether oxygens (including phenoxy) is 1. The van der Waals surface area contributed by atoms with Crippen LogP contribution in [-0.2, 0) is 4.79 Å². The highest BCUT2D eigenvalue weighted by Crippen LogP contribution is 2.32. The van der Waals surface area contributed by atoms with Crippen molar-refractivity contribution in [3.63, 3.8) is 0 Å². The van der Waals surface area contributed by atoms with Crippen LogP contribution in [-0.4, -0.2) is 23.4 Å². The van der Waals surface area contributed by atoms with Crippen molar-refractivity contribution in [2.75, 3.05) is 11.9 Å². The van der Waals surface area contributed by atoms with Gasteiger partial charge in [-0.2, -0.15) is 0 Å². The molecule has 0 fully saturated rings. The Morgan fingerprint density at radius 2 is 1.43 bits per heavy atom. The number of carbonyl (C=O) groups excluding carboxylic acids is 2. The zero-order chi connectivity index (χ0) is 20.9. The molecule has 0 atom stereocenters. The number of carbonyl (C=O) groups is 2. The second-order valence-electron chi connectivity index (χ2n) is 6.74. The van der Waals surface area contributed by atoms with Crippen molar-refractivity contribution < 1.29 is 19.4 Å². The molecule has 0 spiro atoms. The molecule has 0 aliphatic heterocycles. The summed E-state index contributed by atoms with van der Waals surface area (Å²) >= 11 is 0. The summed E-state index contributed by atoms with van der Waals surface area (Å²) in [5.74, 6) is -0.0138. The smallest absolute Gasteiger partial charge is 0.262 e. The van der Waals surface area contributed by atoms with Crippen LogP contribution in [0.15, 0.2) is 91.0 Å². The van der Waals surface area contributed by atoms with Crippen molar-refractivity contribution in [3.05, 3.63) is 102 Å². The molecule has 0 saturated carbocycles. The fourth-order valence-corrected chi connectivity index (χ4v) is 3.17. The van der Waals surface area contributed by atoms with Gasteiger partial charge in [-0.3, -0.25) is 9.59 Å². The fraction of sp³-hybridized carbons (Fsp3) is 0.0400. The lowest BCUT2D eigenvalue weighted by atomic mass is 10.0. The number of ketones is 1. The van der Waals surface area contributed by atoms with Crippen LogP contribution in [0.25, 0.3) is 10.8 Å². The minimum atomic E-state index is -0.397. The number of nitrogens with one attached hydrogen (secondary N) is 1. The molecule has 4 rings (SSSR count). The van der Waals surface area contributed by atoms with E-state index in [1.54, 1.807) is 48.5 Å². The standard InChI is InChI=1S/C25H19NO4/c27-22-15-12-17-6-4-5-9-21(17)24(22)26-23(28)16-30-20-13-10-19(11-14-20)25(29)18-7-2-1-3-8-18/h1-15,27H,16H2,(H,26,28). The molecule has 0 aromatic heterocycles. The molecule has 5 heteroatoms. The molecule has 0 aliphatic rings. The van der Waals surface area contributed by atoms with Gasteiger partial charge >= 0.3 is 0 Å². The van der Waals surface area contributed by atoms with Crippen LogP contribution in [0.4, 0.5) is 5.69 Å². The Labute approximate surface area is 173 Å². The molecule has 0 heterocycles. The molecule has 148 valence electrons. The summed E-state index contributed by atoms with van der Waals surface area (Å²) in [5, 5.41) is 14.5. The average molecular weight is 397 g/mol. The summed E-state index contributed by atoms with van der Waals surface area (Å²) < 4.78 is 5.53. The van der Waals surface area contributed by atoms with Gasteiger partial charge in [0.2, 0.25) is 0 Å². The first kappa shape index (κ1) is 19.2. The van der Waals surface area contributed by atoms with Gasteiger partial charge in [-0.15, -0.1) is 0 Å². The summed E-state index contributed by atoms with van der Waals surface area (Å²) in [4.78, 5) is 24.8. The highest BCUT2D eigenvalue weighted by atomic mass is 16.5. The number of amides is 1. The van der Waals surface area contributed by atoms with Crippen molar-refractivity contribution in [2.45, 2.75) is 0 Å². The highest BCUT2D eigenvalue weighted by Gasteiger charge is 2.12. The first-order valence-corrected chi connectivity index (χ1v) is 9.45. The summed E-state index contributed by atoms with van der Waals surface area (Å²) in [7, 11) is 0. The van der Waals surface area contributed by atoms with Crippen LogP contribution in [0.3, 0.4) is 0 Å². The summed E-state index contributed by atoms with van der Waals surface area (Å²) in [6.45, 7) is -0.228. The van der Waals surface area contributed by atoms with Gasteiger partial charge in [0, 0.05) is 16.5 Å². The summed E-state index contributed by atoms with van der Waals surface area (Å²) in [5.41, 5.74) is 1.50. The normalized spacial score (nSPS) is 10.5. The Hall–Kier alpha value is -4.12. The molecule has 1 amide bonds. The molecule has 4 aromatic rings. The van der Waals surface area contributed by atoms with Gasteiger partial charge in [0.05, 0.1) is 5.69 Å². The predicted octanol–water partition coefficient (Wildman–Crippen LogP) is 4.79. The molecule has 0 saturated heterocycles. The minimum absolute atomic E-state index is 0.00849. The van der Waals surface area contributed by atoms with Crippen LogP contribution in [0.5, 0.6) is 11.5 Å². The molecule has 2 N–H and O–H groups in total. The van der Waals surface area contributed by atoms with E-state index in [0.717, 1.165) is 10.8 Å². The zero-order valence-electron chi connectivity index (χ0n) is 16.0. The van der Waals surface area contributed by atoms with Gasteiger partial charge < -0.3 is 15.2 Å². The van der Waals surface area contributed by atoms with Crippen molar-refractivity contribution >= 4 is 28.2 Å². The first-order valence-electron chi connectivity index (χ1n) is 9.45. The number of anilines is 1. The van der Waals surface area contributed by atoms with Gasteiger partial charge in [0.1, 0.15) is 11.5 Å². The molecule has 5 nitrogen and oxygen atoms in total. The third kappa shape index (κ3) is 4.15. The number of rotatable bonds is 6. The number of phenols is 1. The zero-order valence-corrected chi connectivity index (χ0v) is 16.0. The fourth-order valence-electron chi connectivity index (χ4n) is 3.17. The largest absolute Gasteiger partial charge is 0.506 e. The van der Waals surface area contributed by atoms with Crippen LogP contribution in [0.1, 0.15) is 15.9 Å². The van der Waals surface area contributed by atoms with E-state index in [-0.39, 0.29) is 18.1 Å². The molecule has 0 aliphatic carbocycles. The van der Waals surface area contributed by atoms with Crippen molar-refractivity contribution in [2.24, 2.45) is 0 Å². The van der Waals surface area contributed by atoms with E-state index in [0.29, 0.717) is 22.6 Å². The average Bonchev–Trinajstić information content (AvgIpc) is 2.80. The Kier molecular flexibility index (Phi) is 5.44. The number of fused-ring (bicyclic) bond motifs is 1. The third-order valence-corrected chi connectivity index (χ3v) is 4.69. The second-order valence-corrected chi connectivity index (χ2v) is 6.74. The first-order chi connectivity index (χ1) is 14.6. The molecule has 0 bridgehead atoms. The Morgan fingerprint density at radius 1 is 0.767 bits per heavy atom. The number of hydrogen-bond acceptors (Lipinski definition) is 4. The lowest BCUT2D eigenvalue weighted by Crippen LogP contribution is -2.20. The van der Waals surface area contributed by atoms with Crippen LogP contribution >= 0.6 is 0 Å². The van der Waals surface area contributed by atoms with Gasteiger partial charge in [0.15, 0.2) is 12.4 Å². The molecular weight excluding hydrogens is 378 g/mol. The monoisotopic (exact) mass is 397 g/mol. The number of benzene rings is 4. The third-order valence-electron chi connectivity index (χ3n) is 4.69. The molecule has 4 aromatic carbocycles. The van der Waals surface area contributed by atoms with Crippen LogP contribution in [0.2, 0.25) is 0 Å². The van der Waals surface area contributed by atoms with Gasteiger partial charge in [-0.1, -0.05) is 60.7 Å². The lowest BCUT2D eigenvalue weighted by molar-refractivity contribution is -0.118. The van der Waals surface area contributed by atoms with E-state index in [1.165, 1.54) is 0 Å². The van der Waals surface area contributed by atoms with E-state index < -0.39 is 5.91 Å². The molecule has 30 heavy (non-hydrogen) atoms. The van der Waals surface area contributed by atoms with E-state index >= 15 is 0 Å². The predicted molar refractivity (Wildman–Crippen MR) is 116 cm³/mol. The molecular formula is C25H19NO4. The molecule has 0 radical (unpaired) electrons. The van der Waals surface area contributed by atoms with E-state index in [4.69, 9.17) is 4.74 Å². The van der Waals surface area contributed by atoms with Crippen molar-refractivity contribution in [1.82, 2.24) is 0 Å². The summed E-state index contributed by atoms with van der Waals surface area (Å²) in [6.07, 6.45) is 0. The molecule has 0 unspecified atom stereocenters. The number of hydrogen-bond donors (Lipinski definition) is 2. The van der Waals surface area contributed by atoms with Gasteiger partial charge in [-0.25, -0.2) is 0 Å². The quantitative estimate of drug-likeness (QED) is 0.362. The van der Waals surface area contributed by atoms with E-state index in [2.05, 4.69) is 5.32 Å². The van der Waals surface area contributed by atoms with Crippen LogP contribution < -0.4 is 10.1 Å².